The lowest BCUT2D eigenvalue weighted by molar-refractivity contribution is 1.19. The quantitative estimate of drug-likeness (QED) is 0.581. The van der Waals surface area contributed by atoms with Crippen LogP contribution in [0.5, 0.6) is 0 Å². The lowest BCUT2D eigenvalue weighted by atomic mass is 9.97. The van der Waals surface area contributed by atoms with E-state index in [1.54, 1.807) is 0 Å². The van der Waals surface area contributed by atoms with Crippen LogP contribution in [-0.4, -0.2) is 0 Å². The third-order valence-electron chi connectivity index (χ3n) is 3.24. The van der Waals surface area contributed by atoms with Gasteiger partial charge < -0.3 is 0 Å². The van der Waals surface area contributed by atoms with Gasteiger partial charge in [-0.2, -0.15) is 0 Å². The lowest BCUT2D eigenvalue weighted by Gasteiger charge is -2.07. The van der Waals surface area contributed by atoms with Crippen LogP contribution < -0.4 is 0 Å². The van der Waals surface area contributed by atoms with Crippen molar-refractivity contribution in [2.75, 3.05) is 0 Å². The smallest absolute Gasteiger partial charge is 0.00603 e. The molecule has 0 radical (unpaired) electrons. The zero-order valence-electron chi connectivity index (χ0n) is 11.2. The average Bonchev–Trinajstić information content (AvgIpc) is 2.73. The first-order chi connectivity index (χ1) is 8.25. The summed E-state index contributed by atoms with van der Waals surface area (Å²) in [6, 6.07) is 11.0. The van der Waals surface area contributed by atoms with Crippen LogP contribution >= 0.6 is 0 Å². The van der Waals surface area contributed by atoms with Crippen molar-refractivity contribution in [2.45, 2.75) is 34.1 Å². The molecule has 0 saturated heterocycles. The van der Waals surface area contributed by atoms with Crippen LogP contribution in [0, 0.1) is 6.92 Å². The van der Waals surface area contributed by atoms with Crippen LogP contribution in [0.2, 0.25) is 0 Å². The van der Waals surface area contributed by atoms with Gasteiger partial charge in [0.05, 0.1) is 0 Å². The molecule has 0 heteroatoms. The Morgan fingerprint density at radius 3 is 2.29 bits per heavy atom. The van der Waals surface area contributed by atoms with Crippen molar-refractivity contribution in [2.24, 2.45) is 0 Å². The first kappa shape index (κ1) is 11.9. The highest BCUT2D eigenvalue weighted by Crippen LogP contribution is 2.33. The van der Waals surface area contributed by atoms with E-state index in [4.69, 9.17) is 0 Å². The van der Waals surface area contributed by atoms with Gasteiger partial charge in [0.1, 0.15) is 0 Å². The molecule has 17 heavy (non-hydrogen) atoms. The standard InChI is InChI=1S/C15H14.C2H6/c1-10-7-12-9-11(2)13-5-3-4-6-14(13)15(12)8-10;1-2/h3-6,8-9H,7H2,1-2H3;1-2H3. The third-order valence-corrected chi connectivity index (χ3v) is 3.24. The van der Waals surface area contributed by atoms with Crippen LogP contribution in [-0.2, 0) is 6.42 Å². The second-order valence-electron chi connectivity index (χ2n) is 4.48. The minimum Gasteiger partial charge on any atom is -0.0683 e. The summed E-state index contributed by atoms with van der Waals surface area (Å²) in [6.07, 6.45) is 3.46. The Labute approximate surface area is 104 Å². The molecule has 1 aliphatic rings. The van der Waals surface area contributed by atoms with Crippen molar-refractivity contribution in [3.8, 4) is 0 Å². The second-order valence-corrected chi connectivity index (χ2v) is 4.48. The molecule has 0 heterocycles. The van der Waals surface area contributed by atoms with Gasteiger partial charge in [-0.3, -0.25) is 0 Å². The van der Waals surface area contributed by atoms with E-state index >= 15 is 0 Å². The van der Waals surface area contributed by atoms with Crippen LogP contribution in [0.25, 0.3) is 16.8 Å². The molecular formula is C17H20. The molecule has 2 aromatic carbocycles. The van der Waals surface area contributed by atoms with Gasteiger partial charge >= 0.3 is 0 Å². The molecule has 88 valence electrons. The van der Waals surface area contributed by atoms with E-state index in [1.165, 1.54) is 33.0 Å². The summed E-state index contributed by atoms with van der Waals surface area (Å²) in [7, 11) is 0. The predicted molar refractivity (Wildman–Crippen MR) is 77.4 cm³/mol. The molecule has 0 spiro atoms. The van der Waals surface area contributed by atoms with Gasteiger partial charge in [-0.25, -0.2) is 0 Å². The van der Waals surface area contributed by atoms with E-state index in [1.807, 2.05) is 13.8 Å². The number of allylic oxidation sites excluding steroid dienone is 1. The number of hydrogen-bond donors (Lipinski definition) is 0. The van der Waals surface area contributed by atoms with Gasteiger partial charge in [-0.05, 0) is 47.7 Å². The van der Waals surface area contributed by atoms with Crippen molar-refractivity contribution in [1.82, 2.24) is 0 Å². The highest BCUT2D eigenvalue weighted by molar-refractivity contribution is 5.95. The molecule has 0 aromatic heterocycles. The van der Waals surface area contributed by atoms with Crippen LogP contribution in [0.3, 0.4) is 0 Å². The van der Waals surface area contributed by atoms with Gasteiger partial charge in [-0.15, -0.1) is 0 Å². The molecule has 0 N–H and O–H groups in total. The SMILES string of the molecule is CC.CC1=Cc2c(cc(C)c3ccccc23)C1. The Morgan fingerprint density at radius 1 is 0.941 bits per heavy atom. The number of rotatable bonds is 0. The Bertz CT molecular complexity index is 574. The topological polar surface area (TPSA) is 0 Å². The highest BCUT2D eigenvalue weighted by Gasteiger charge is 2.13. The van der Waals surface area contributed by atoms with Crippen molar-refractivity contribution >= 4 is 16.8 Å². The van der Waals surface area contributed by atoms with Crippen molar-refractivity contribution in [3.05, 3.63) is 52.6 Å². The molecule has 0 saturated carbocycles. The monoisotopic (exact) mass is 224 g/mol. The molecule has 0 nitrogen and oxygen atoms in total. The molecule has 0 bridgehead atoms. The minimum absolute atomic E-state index is 1.13. The zero-order chi connectivity index (χ0) is 12.4. The molecule has 1 aliphatic carbocycles. The number of hydrogen-bond acceptors (Lipinski definition) is 0. The Hall–Kier alpha value is -1.56. The largest absolute Gasteiger partial charge is 0.0683 e. The molecular weight excluding hydrogens is 204 g/mol. The predicted octanol–water partition coefficient (Wildman–Crippen LogP) is 5.13. The van der Waals surface area contributed by atoms with E-state index in [9.17, 15) is 0 Å². The van der Waals surface area contributed by atoms with Gasteiger partial charge in [0.15, 0.2) is 0 Å². The molecule has 0 unspecified atom stereocenters. The highest BCUT2D eigenvalue weighted by atomic mass is 14.2. The van der Waals surface area contributed by atoms with E-state index in [0.29, 0.717) is 0 Å². The molecule has 2 aromatic rings. The van der Waals surface area contributed by atoms with Crippen molar-refractivity contribution in [1.29, 1.82) is 0 Å². The summed E-state index contributed by atoms with van der Waals surface area (Å²) in [5, 5.41) is 2.80. The Kier molecular flexibility index (Phi) is 3.33. The normalized spacial score (nSPS) is 12.8. The molecule has 0 amide bonds. The molecule has 0 fully saturated rings. The van der Waals surface area contributed by atoms with Crippen molar-refractivity contribution < 1.29 is 0 Å². The zero-order valence-corrected chi connectivity index (χ0v) is 11.2. The molecule has 3 rings (SSSR count). The molecule has 0 aliphatic heterocycles. The van der Waals surface area contributed by atoms with Crippen LogP contribution in [0.1, 0.15) is 37.5 Å². The fourth-order valence-corrected chi connectivity index (χ4v) is 2.57. The fraction of sp³-hybridized carbons (Fsp3) is 0.294. The third kappa shape index (κ3) is 2.00. The van der Waals surface area contributed by atoms with E-state index in [0.717, 1.165) is 6.42 Å². The minimum atomic E-state index is 1.13. The number of aryl methyl sites for hydroxylation is 1. The summed E-state index contributed by atoms with van der Waals surface area (Å²) in [5.41, 5.74) is 5.80. The fourth-order valence-electron chi connectivity index (χ4n) is 2.57. The lowest BCUT2D eigenvalue weighted by Crippen LogP contribution is -1.88. The van der Waals surface area contributed by atoms with Gasteiger partial charge in [0.25, 0.3) is 0 Å². The summed E-state index contributed by atoms with van der Waals surface area (Å²) in [4.78, 5) is 0. The average molecular weight is 224 g/mol. The number of benzene rings is 2. The number of fused-ring (bicyclic) bond motifs is 3. The second kappa shape index (κ2) is 4.75. The maximum Gasteiger partial charge on any atom is -0.00603 e. The van der Waals surface area contributed by atoms with E-state index < -0.39 is 0 Å². The molecule has 0 atom stereocenters. The maximum absolute atomic E-state index is 2.34. The summed E-state index contributed by atoms with van der Waals surface area (Å²) >= 11 is 0. The summed E-state index contributed by atoms with van der Waals surface area (Å²) in [5.74, 6) is 0. The first-order valence-corrected chi connectivity index (χ1v) is 6.44. The Balaban J connectivity index is 0.000000514. The van der Waals surface area contributed by atoms with Crippen LogP contribution in [0.15, 0.2) is 35.9 Å². The Morgan fingerprint density at radius 2 is 1.59 bits per heavy atom. The van der Waals surface area contributed by atoms with Gasteiger partial charge in [0, 0.05) is 0 Å². The summed E-state index contributed by atoms with van der Waals surface area (Å²) in [6.45, 7) is 8.42. The first-order valence-electron chi connectivity index (χ1n) is 6.44. The van der Waals surface area contributed by atoms with Crippen molar-refractivity contribution in [3.63, 3.8) is 0 Å². The summed E-state index contributed by atoms with van der Waals surface area (Å²) < 4.78 is 0. The van der Waals surface area contributed by atoms with E-state index in [2.05, 4.69) is 50.3 Å². The van der Waals surface area contributed by atoms with Crippen LogP contribution in [0.4, 0.5) is 0 Å². The van der Waals surface area contributed by atoms with Gasteiger partial charge in [0.2, 0.25) is 0 Å². The van der Waals surface area contributed by atoms with E-state index in [-0.39, 0.29) is 0 Å². The van der Waals surface area contributed by atoms with Gasteiger partial charge in [-0.1, -0.05) is 55.8 Å². The maximum atomic E-state index is 2.34.